The molecule has 1 saturated heterocycles. The molecular weight excluding hydrogens is 346 g/mol. The van der Waals surface area contributed by atoms with Crippen molar-refractivity contribution in [1.82, 2.24) is 30.6 Å². The van der Waals surface area contributed by atoms with Gasteiger partial charge >= 0.3 is 0 Å². The highest BCUT2D eigenvalue weighted by molar-refractivity contribution is 5.79. The second-order valence-corrected chi connectivity index (χ2v) is 6.63. The van der Waals surface area contributed by atoms with Crippen LogP contribution in [0.15, 0.2) is 42.5 Å². The van der Waals surface area contributed by atoms with Gasteiger partial charge in [0, 0.05) is 19.0 Å². The number of nitrogens with one attached hydrogen (secondary N) is 1. The van der Waals surface area contributed by atoms with Crippen molar-refractivity contribution in [3.05, 3.63) is 48.0 Å². The van der Waals surface area contributed by atoms with E-state index in [1.54, 1.807) is 0 Å². The lowest BCUT2D eigenvalue weighted by molar-refractivity contribution is -0.126. The van der Waals surface area contributed by atoms with Crippen LogP contribution in [0.5, 0.6) is 0 Å². The summed E-state index contributed by atoms with van der Waals surface area (Å²) in [6, 6.07) is 12.9. The molecule has 2 N–H and O–H groups in total. The maximum absolute atomic E-state index is 12.6. The molecule has 0 spiro atoms. The minimum absolute atomic E-state index is 0.0126. The number of aliphatic hydroxyl groups excluding tert-OH is 1. The predicted molar refractivity (Wildman–Crippen MR) is 97.9 cm³/mol. The lowest BCUT2D eigenvalue weighted by atomic mass is 9.95. The molecule has 1 aliphatic heterocycles. The van der Waals surface area contributed by atoms with Gasteiger partial charge in [-0.1, -0.05) is 30.3 Å². The zero-order valence-corrected chi connectivity index (χ0v) is 14.8. The average Bonchev–Trinajstić information content (AvgIpc) is 3.20. The number of anilines is 1. The molecule has 1 aliphatic rings. The minimum atomic E-state index is -0.374. The third-order valence-electron chi connectivity index (χ3n) is 4.95. The molecule has 1 aromatic carbocycles. The molecule has 3 heterocycles. The van der Waals surface area contributed by atoms with Gasteiger partial charge in [0.15, 0.2) is 11.5 Å². The van der Waals surface area contributed by atoms with Crippen LogP contribution in [0.3, 0.4) is 0 Å². The van der Waals surface area contributed by atoms with Crippen molar-refractivity contribution in [1.29, 1.82) is 0 Å². The summed E-state index contributed by atoms with van der Waals surface area (Å²) in [5, 5.41) is 28.3. The predicted octanol–water partition coefficient (Wildman–Crippen LogP) is 0.585. The molecule has 3 aromatic rings. The third-order valence-corrected chi connectivity index (χ3v) is 4.95. The van der Waals surface area contributed by atoms with Crippen molar-refractivity contribution in [2.75, 3.05) is 24.6 Å². The Bertz CT molecular complexity index is 906. The maximum Gasteiger partial charge on any atom is 0.223 e. The smallest absolute Gasteiger partial charge is 0.223 e. The Hall–Kier alpha value is -3.07. The number of piperidine rings is 1. The number of aliphatic hydroxyl groups is 1. The number of tetrazole rings is 1. The first kappa shape index (κ1) is 17.3. The Morgan fingerprint density at radius 3 is 2.70 bits per heavy atom. The summed E-state index contributed by atoms with van der Waals surface area (Å²) < 4.78 is 1.40. The summed E-state index contributed by atoms with van der Waals surface area (Å²) in [7, 11) is 0. The molecule has 9 heteroatoms. The van der Waals surface area contributed by atoms with Gasteiger partial charge < -0.3 is 15.3 Å². The van der Waals surface area contributed by atoms with Crippen molar-refractivity contribution in [3.63, 3.8) is 0 Å². The highest BCUT2D eigenvalue weighted by Gasteiger charge is 2.27. The van der Waals surface area contributed by atoms with Crippen LogP contribution in [0, 0.1) is 5.92 Å². The second-order valence-electron chi connectivity index (χ2n) is 6.63. The van der Waals surface area contributed by atoms with Crippen LogP contribution in [-0.2, 0) is 4.79 Å². The van der Waals surface area contributed by atoms with Crippen molar-refractivity contribution < 1.29 is 9.90 Å². The van der Waals surface area contributed by atoms with E-state index < -0.39 is 0 Å². The molecule has 0 saturated carbocycles. The van der Waals surface area contributed by atoms with Gasteiger partial charge in [-0.2, -0.15) is 0 Å². The maximum atomic E-state index is 12.6. The van der Waals surface area contributed by atoms with Crippen LogP contribution in [0.4, 0.5) is 5.82 Å². The summed E-state index contributed by atoms with van der Waals surface area (Å²) >= 11 is 0. The van der Waals surface area contributed by atoms with Crippen molar-refractivity contribution in [2.24, 2.45) is 5.92 Å². The van der Waals surface area contributed by atoms with E-state index in [0.29, 0.717) is 5.65 Å². The summed E-state index contributed by atoms with van der Waals surface area (Å²) in [6.07, 6.45) is 1.46. The number of carbonyl (C=O) groups excluding carboxylic acids is 1. The number of carbonyl (C=O) groups is 1. The SMILES string of the molecule is O=C(NC(CO)c1ccccc1)C1CCN(c2ccc3nnnn3n2)CC1. The molecule has 1 atom stereocenters. The number of nitrogens with zero attached hydrogens (tertiary/aromatic N) is 6. The van der Waals surface area contributed by atoms with E-state index in [2.05, 4.69) is 30.8 Å². The van der Waals surface area contributed by atoms with Crippen molar-refractivity contribution in [3.8, 4) is 0 Å². The number of fused-ring (bicyclic) bond motifs is 1. The molecule has 1 unspecified atom stereocenters. The van der Waals surface area contributed by atoms with Crippen LogP contribution < -0.4 is 10.2 Å². The molecular formula is C18H21N7O2. The van der Waals surface area contributed by atoms with Crippen LogP contribution in [-0.4, -0.2) is 56.0 Å². The van der Waals surface area contributed by atoms with E-state index in [9.17, 15) is 9.90 Å². The summed E-state index contributed by atoms with van der Waals surface area (Å²) in [4.78, 5) is 14.8. The van der Waals surface area contributed by atoms with Crippen molar-refractivity contribution in [2.45, 2.75) is 18.9 Å². The van der Waals surface area contributed by atoms with E-state index >= 15 is 0 Å². The van der Waals surface area contributed by atoms with Gasteiger partial charge in [-0.3, -0.25) is 4.79 Å². The van der Waals surface area contributed by atoms with E-state index in [0.717, 1.165) is 37.3 Å². The fraction of sp³-hybridized carbons (Fsp3) is 0.389. The zero-order chi connectivity index (χ0) is 18.6. The standard InChI is InChI=1S/C18H21N7O2/c26-12-15(13-4-2-1-3-5-13)19-18(27)14-8-10-24(11-9-14)17-7-6-16-20-22-23-25(16)21-17/h1-7,14-15,26H,8-12H2,(H,19,27). The molecule has 1 amide bonds. The van der Waals surface area contributed by atoms with Crippen LogP contribution in [0.25, 0.3) is 5.65 Å². The number of hydrogen-bond acceptors (Lipinski definition) is 7. The average molecular weight is 367 g/mol. The number of benzene rings is 1. The molecule has 2 aromatic heterocycles. The number of rotatable bonds is 5. The zero-order valence-electron chi connectivity index (χ0n) is 14.8. The van der Waals surface area contributed by atoms with Crippen LogP contribution >= 0.6 is 0 Å². The fourth-order valence-electron chi connectivity index (χ4n) is 3.39. The number of aromatic nitrogens is 5. The summed E-state index contributed by atoms with van der Waals surface area (Å²) in [5.41, 5.74) is 1.51. The summed E-state index contributed by atoms with van der Waals surface area (Å²) in [6.45, 7) is 1.34. The molecule has 1 fully saturated rings. The molecule has 4 rings (SSSR count). The fourth-order valence-corrected chi connectivity index (χ4v) is 3.39. The highest BCUT2D eigenvalue weighted by Crippen LogP contribution is 2.23. The first-order valence-corrected chi connectivity index (χ1v) is 9.01. The number of amides is 1. The molecule has 27 heavy (non-hydrogen) atoms. The van der Waals surface area contributed by atoms with E-state index in [-0.39, 0.29) is 24.5 Å². The molecule has 0 aliphatic carbocycles. The van der Waals surface area contributed by atoms with Crippen LogP contribution in [0.2, 0.25) is 0 Å². The Balaban J connectivity index is 1.36. The van der Waals surface area contributed by atoms with Gasteiger partial charge in [0.1, 0.15) is 0 Å². The Morgan fingerprint density at radius 1 is 1.19 bits per heavy atom. The quantitative estimate of drug-likeness (QED) is 0.679. The van der Waals surface area contributed by atoms with Gasteiger partial charge in [0.25, 0.3) is 0 Å². The molecule has 0 radical (unpaired) electrons. The van der Waals surface area contributed by atoms with Gasteiger partial charge in [-0.05, 0) is 41.0 Å². The van der Waals surface area contributed by atoms with Crippen LogP contribution in [0.1, 0.15) is 24.4 Å². The van der Waals surface area contributed by atoms with Gasteiger partial charge in [0.2, 0.25) is 5.91 Å². The topological polar surface area (TPSA) is 109 Å². The van der Waals surface area contributed by atoms with Gasteiger partial charge in [-0.15, -0.1) is 14.8 Å². The molecule has 140 valence electrons. The largest absolute Gasteiger partial charge is 0.394 e. The summed E-state index contributed by atoms with van der Waals surface area (Å²) in [5.74, 6) is 0.711. The van der Waals surface area contributed by atoms with E-state index in [1.807, 2.05) is 42.5 Å². The molecule has 0 bridgehead atoms. The molecule has 9 nitrogen and oxygen atoms in total. The van der Waals surface area contributed by atoms with E-state index in [1.165, 1.54) is 4.63 Å². The highest BCUT2D eigenvalue weighted by atomic mass is 16.3. The first-order chi connectivity index (χ1) is 13.2. The lowest BCUT2D eigenvalue weighted by Gasteiger charge is -2.32. The Kier molecular flexibility index (Phi) is 4.93. The number of hydrogen-bond donors (Lipinski definition) is 2. The monoisotopic (exact) mass is 367 g/mol. The van der Waals surface area contributed by atoms with E-state index in [4.69, 9.17) is 0 Å². The second kappa shape index (κ2) is 7.67. The lowest BCUT2D eigenvalue weighted by Crippen LogP contribution is -2.42. The Morgan fingerprint density at radius 2 is 1.96 bits per heavy atom. The normalized spacial score (nSPS) is 16.4. The van der Waals surface area contributed by atoms with Gasteiger partial charge in [-0.25, -0.2) is 0 Å². The minimum Gasteiger partial charge on any atom is -0.394 e. The first-order valence-electron chi connectivity index (χ1n) is 9.01. The third kappa shape index (κ3) is 3.72. The Labute approximate surface area is 156 Å². The van der Waals surface area contributed by atoms with Crippen molar-refractivity contribution >= 4 is 17.4 Å². The van der Waals surface area contributed by atoms with Gasteiger partial charge in [0.05, 0.1) is 12.6 Å².